The molecule has 0 bridgehead atoms. The summed E-state index contributed by atoms with van der Waals surface area (Å²) in [6.45, 7) is 7.56. The van der Waals surface area contributed by atoms with Gasteiger partial charge in [-0.1, -0.05) is 12.1 Å². The number of amides is 1. The standard InChI is InChI=1S/C25H31N7O2/c1-17-18(2)31(13-22-6-5-11-34-22)25(23(17)12-26)29-24(33)14-30(4)19(3)20-7-9-21(10-8-20)32-16-27-15-28-32/h7-10,15-16,19,22H,5-6,11,13-14H2,1-4H3,(H,29,33)/t19-,22-/m0/s1. The van der Waals surface area contributed by atoms with Gasteiger partial charge in [-0.2, -0.15) is 10.4 Å². The number of nitrogens with zero attached hydrogens (tertiary/aromatic N) is 6. The average molecular weight is 462 g/mol. The van der Waals surface area contributed by atoms with Crippen LogP contribution in [-0.4, -0.2) is 56.4 Å². The molecule has 1 aromatic carbocycles. The van der Waals surface area contributed by atoms with E-state index in [4.69, 9.17) is 4.74 Å². The third-order valence-corrected chi connectivity index (χ3v) is 6.72. The van der Waals surface area contributed by atoms with Crippen molar-refractivity contribution in [2.24, 2.45) is 0 Å². The highest BCUT2D eigenvalue weighted by Crippen LogP contribution is 2.28. The predicted octanol–water partition coefficient (Wildman–Crippen LogP) is 3.37. The van der Waals surface area contributed by atoms with Crippen molar-refractivity contribution in [1.29, 1.82) is 5.26 Å². The van der Waals surface area contributed by atoms with Gasteiger partial charge in [-0.3, -0.25) is 9.69 Å². The van der Waals surface area contributed by atoms with Crippen LogP contribution in [0, 0.1) is 25.2 Å². The number of nitriles is 1. The number of carbonyl (C=O) groups excluding carboxylic acids is 1. The lowest BCUT2D eigenvalue weighted by molar-refractivity contribution is -0.117. The predicted molar refractivity (Wildman–Crippen MR) is 129 cm³/mol. The number of anilines is 1. The Balaban J connectivity index is 1.44. The summed E-state index contributed by atoms with van der Waals surface area (Å²) >= 11 is 0. The van der Waals surface area contributed by atoms with E-state index in [0.717, 1.165) is 42.0 Å². The molecule has 34 heavy (non-hydrogen) atoms. The third-order valence-electron chi connectivity index (χ3n) is 6.72. The smallest absolute Gasteiger partial charge is 0.239 e. The van der Waals surface area contributed by atoms with Crippen molar-refractivity contribution in [3.8, 4) is 11.8 Å². The first-order valence-corrected chi connectivity index (χ1v) is 11.6. The molecule has 0 saturated carbocycles. The highest BCUT2D eigenvalue weighted by Gasteiger charge is 2.24. The summed E-state index contributed by atoms with van der Waals surface area (Å²) in [5.41, 5.74) is 4.41. The molecule has 9 heteroatoms. The van der Waals surface area contributed by atoms with Crippen LogP contribution < -0.4 is 5.32 Å². The van der Waals surface area contributed by atoms with E-state index in [-0.39, 0.29) is 24.6 Å². The fourth-order valence-electron chi connectivity index (χ4n) is 4.39. The van der Waals surface area contributed by atoms with Crippen LogP contribution in [0.3, 0.4) is 0 Å². The van der Waals surface area contributed by atoms with Gasteiger partial charge in [0, 0.05) is 18.3 Å². The molecule has 3 aromatic rings. The first-order chi connectivity index (χ1) is 16.4. The van der Waals surface area contributed by atoms with Crippen LogP contribution in [0.4, 0.5) is 5.82 Å². The Morgan fingerprint density at radius 3 is 2.74 bits per heavy atom. The molecular weight excluding hydrogens is 430 g/mol. The Labute approximate surface area is 200 Å². The molecular formula is C25H31N7O2. The number of carbonyl (C=O) groups is 1. The highest BCUT2D eigenvalue weighted by atomic mass is 16.5. The fraction of sp³-hybridized carbons (Fsp3) is 0.440. The molecule has 1 amide bonds. The molecule has 1 saturated heterocycles. The minimum absolute atomic E-state index is 0.0214. The second-order valence-electron chi connectivity index (χ2n) is 8.86. The molecule has 1 aliphatic heterocycles. The zero-order valence-corrected chi connectivity index (χ0v) is 20.2. The molecule has 178 valence electrons. The maximum atomic E-state index is 13.0. The van der Waals surface area contributed by atoms with E-state index >= 15 is 0 Å². The van der Waals surface area contributed by atoms with Gasteiger partial charge in [0.05, 0.1) is 30.4 Å². The number of hydrogen-bond donors (Lipinski definition) is 1. The topological polar surface area (TPSA) is 101 Å². The Bertz CT molecular complexity index is 1170. The molecule has 3 heterocycles. The molecule has 1 N–H and O–H groups in total. The number of aromatic nitrogens is 4. The average Bonchev–Trinajstić information content (AvgIpc) is 3.59. The van der Waals surface area contributed by atoms with Crippen LogP contribution in [0.5, 0.6) is 0 Å². The summed E-state index contributed by atoms with van der Waals surface area (Å²) in [5, 5.41) is 16.9. The van der Waals surface area contributed by atoms with Crippen LogP contribution in [0.1, 0.15) is 48.2 Å². The van der Waals surface area contributed by atoms with E-state index in [2.05, 4.69) is 28.4 Å². The lowest BCUT2D eigenvalue weighted by Crippen LogP contribution is -2.33. The maximum absolute atomic E-state index is 13.0. The first-order valence-electron chi connectivity index (χ1n) is 11.6. The van der Waals surface area contributed by atoms with Gasteiger partial charge in [-0.25, -0.2) is 9.67 Å². The van der Waals surface area contributed by atoms with E-state index in [0.29, 0.717) is 17.9 Å². The second-order valence-corrected chi connectivity index (χ2v) is 8.86. The quantitative estimate of drug-likeness (QED) is 0.552. The van der Waals surface area contributed by atoms with Gasteiger partial charge in [0.2, 0.25) is 5.91 Å². The van der Waals surface area contributed by atoms with E-state index in [1.807, 2.05) is 54.6 Å². The van der Waals surface area contributed by atoms with Gasteiger partial charge < -0.3 is 14.6 Å². The van der Waals surface area contributed by atoms with Crippen molar-refractivity contribution in [3.05, 3.63) is 59.3 Å². The van der Waals surface area contributed by atoms with Crippen LogP contribution in [0.25, 0.3) is 5.69 Å². The number of rotatable bonds is 8. The van der Waals surface area contributed by atoms with E-state index in [9.17, 15) is 10.1 Å². The Morgan fingerprint density at radius 1 is 1.35 bits per heavy atom. The van der Waals surface area contributed by atoms with Crippen LogP contribution in [-0.2, 0) is 16.1 Å². The lowest BCUT2D eigenvalue weighted by atomic mass is 10.1. The Morgan fingerprint density at radius 2 is 2.12 bits per heavy atom. The van der Waals surface area contributed by atoms with Crippen molar-refractivity contribution in [2.75, 3.05) is 25.5 Å². The van der Waals surface area contributed by atoms with Crippen molar-refractivity contribution >= 4 is 11.7 Å². The lowest BCUT2D eigenvalue weighted by Gasteiger charge is -2.25. The van der Waals surface area contributed by atoms with Crippen LogP contribution in [0.2, 0.25) is 0 Å². The first kappa shape index (κ1) is 23.7. The monoisotopic (exact) mass is 461 g/mol. The number of likely N-dealkylation sites (N-methyl/N-ethyl adjacent to an activating group) is 1. The maximum Gasteiger partial charge on any atom is 0.239 e. The molecule has 0 spiro atoms. The molecule has 4 rings (SSSR count). The number of nitrogens with one attached hydrogen (secondary N) is 1. The largest absolute Gasteiger partial charge is 0.376 e. The Hall–Kier alpha value is -3.48. The van der Waals surface area contributed by atoms with E-state index in [1.165, 1.54) is 6.33 Å². The molecule has 0 aliphatic carbocycles. The SMILES string of the molecule is Cc1c(C#N)c(NC(=O)CN(C)[C@@H](C)c2ccc(-n3cncn3)cc2)n(C[C@@H]2CCCO2)c1C. The van der Waals surface area contributed by atoms with Gasteiger partial charge in [-0.15, -0.1) is 0 Å². The summed E-state index contributed by atoms with van der Waals surface area (Å²) in [4.78, 5) is 19.0. The van der Waals surface area contributed by atoms with Crippen LogP contribution >= 0.6 is 0 Å². The van der Waals surface area contributed by atoms with Crippen molar-refractivity contribution in [3.63, 3.8) is 0 Å². The minimum Gasteiger partial charge on any atom is -0.376 e. The molecule has 2 atom stereocenters. The summed E-state index contributed by atoms with van der Waals surface area (Å²) in [6.07, 6.45) is 5.29. The van der Waals surface area contributed by atoms with Crippen molar-refractivity contribution in [1.82, 2.24) is 24.2 Å². The second kappa shape index (κ2) is 10.2. The van der Waals surface area contributed by atoms with Gasteiger partial charge >= 0.3 is 0 Å². The number of ether oxygens (including phenoxy) is 1. The molecule has 9 nitrogen and oxygen atoms in total. The van der Waals surface area contributed by atoms with Gasteiger partial charge in [0.25, 0.3) is 0 Å². The van der Waals surface area contributed by atoms with Crippen molar-refractivity contribution < 1.29 is 9.53 Å². The summed E-state index contributed by atoms with van der Waals surface area (Å²) in [6, 6.07) is 10.3. The van der Waals surface area contributed by atoms with Gasteiger partial charge in [0.15, 0.2) is 0 Å². The summed E-state index contributed by atoms with van der Waals surface area (Å²) in [5.74, 6) is 0.410. The van der Waals surface area contributed by atoms with Crippen LogP contribution in [0.15, 0.2) is 36.9 Å². The highest BCUT2D eigenvalue weighted by molar-refractivity contribution is 5.93. The van der Waals surface area contributed by atoms with Gasteiger partial charge in [0.1, 0.15) is 24.5 Å². The van der Waals surface area contributed by atoms with Crippen molar-refractivity contribution in [2.45, 2.75) is 52.3 Å². The Kier molecular flexibility index (Phi) is 7.10. The third kappa shape index (κ3) is 4.88. The zero-order valence-electron chi connectivity index (χ0n) is 20.2. The fourth-order valence-corrected chi connectivity index (χ4v) is 4.39. The molecule has 1 aliphatic rings. The number of hydrogen-bond acceptors (Lipinski definition) is 6. The van der Waals surface area contributed by atoms with E-state index in [1.54, 1.807) is 11.0 Å². The normalized spacial score (nSPS) is 16.5. The summed E-state index contributed by atoms with van der Waals surface area (Å²) < 4.78 is 9.52. The van der Waals surface area contributed by atoms with E-state index < -0.39 is 0 Å². The minimum atomic E-state index is -0.156. The van der Waals surface area contributed by atoms with Gasteiger partial charge in [-0.05, 0) is 63.9 Å². The number of benzene rings is 1. The zero-order chi connectivity index (χ0) is 24.2. The molecule has 1 fully saturated rings. The summed E-state index contributed by atoms with van der Waals surface area (Å²) in [7, 11) is 1.92. The molecule has 2 aromatic heterocycles. The molecule has 0 radical (unpaired) electrons. The molecule has 0 unspecified atom stereocenters.